The van der Waals surface area contributed by atoms with Gasteiger partial charge in [-0.25, -0.2) is 58.1 Å². The number of hydrogen-bond acceptors (Lipinski definition) is 15. The molecule has 0 aliphatic carbocycles. The first-order valence-corrected chi connectivity index (χ1v) is 14.9. The molecule has 1 aromatic heterocycles. The largest absolute Gasteiger partial charge is 0.573 e. The maximum atomic E-state index is 14.5. The van der Waals surface area contributed by atoms with E-state index in [0.29, 0.717) is 24.3 Å². The molecule has 0 unspecified atom stereocenters. The Morgan fingerprint density at radius 3 is 1.05 bits per heavy atom. The van der Waals surface area contributed by atoms with Gasteiger partial charge in [0.1, 0.15) is 46.8 Å². The van der Waals surface area contributed by atoms with Crippen molar-refractivity contribution in [2.45, 2.75) is 12.7 Å². The van der Waals surface area contributed by atoms with E-state index in [-0.39, 0.29) is 21.4 Å². The number of ether oxygens (including phenoxy) is 2. The Balaban J connectivity index is 1.46. The van der Waals surface area contributed by atoms with Gasteiger partial charge in [0, 0.05) is 30.3 Å². The third kappa shape index (κ3) is 7.16. The van der Waals surface area contributed by atoms with Gasteiger partial charge in [0.05, 0.1) is 37.7 Å². The third-order valence-corrected chi connectivity index (χ3v) is 7.36. The molecular weight excluding hydrogens is 781 g/mol. The van der Waals surface area contributed by atoms with Crippen molar-refractivity contribution in [1.82, 2.24) is 15.0 Å². The lowest BCUT2D eigenvalue weighted by atomic mass is 10.2. The number of halogens is 9. The van der Waals surface area contributed by atoms with Crippen molar-refractivity contribution in [2.75, 3.05) is 0 Å². The van der Waals surface area contributed by atoms with Crippen molar-refractivity contribution in [1.29, 1.82) is 21.0 Å². The van der Waals surface area contributed by atoms with Crippen LogP contribution in [-0.4, -0.2) is 27.7 Å². The van der Waals surface area contributed by atoms with Gasteiger partial charge in [-0.2, -0.15) is 21.0 Å². The van der Waals surface area contributed by atoms with Crippen LogP contribution < -0.4 is 41.6 Å². The van der Waals surface area contributed by atoms with E-state index < -0.39 is 110 Å². The Morgan fingerprint density at radius 1 is 0.456 bits per heavy atom. The first kappa shape index (κ1) is 37.0. The molecule has 278 valence electrons. The van der Waals surface area contributed by atoms with E-state index >= 15 is 0 Å². The summed E-state index contributed by atoms with van der Waals surface area (Å²) < 4.78 is 128. The third-order valence-electron chi connectivity index (χ3n) is 7.36. The Hall–Kier alpha value is -8.38. The first-order chi connectivity index (χ1) is 27.0. The molecule has 4 heterocycles. The average molecular weight is 787 g/mol. The maximum absolute atomic E-state index is 14.5. The second kappa shape index (κ2) is 13.5. The minimum absolute atomic E-state index is 0.0604. The van der Waals surface area contributed by atoms with E-state index in [2.05, 4.69) is 54.4 Å². The summed E-state index contributed by atoms with van der Waals surface area (Å²) in [6.45, 7) is 0. The lowest BCUT2D eigenvalue weighted by Crippen LogP contribution is -2.25. The SMILES string of the molecule is N#C/C(=C1\N=c2cc(F)c(OC(F)(F)F)cc2=N1)c1nc(/C(C#N)=C2/N=c3cc(F)c(OC(F)(F)F)cc3=N2)nc(/C(C#N)=C2/N=c3cc(F)c(C#N)cc3=N2)n1. The molecule has 57 heavy (non-hydrogen) atoms. The summed E-state index contributed by atoms with van der Waals surface area (Å²) in [5.74, 6) is -10.4. The van der Waals surface area contributed by atoms with Crippen molar-refractivity contribution < 1.29 is 49.0 Å². The van der Waals surface area contributed by atoms with Crippen LogP contribution in [0.1, 0.15) is 23.0 Å². The highest BCUT2D eigenvalue weighted by Crippen LogP contribution is 2.28. The number of allylic oxidation sites excluding steroid dienone is 3. The van der Waals surface area contributed by atoms with Gasteiger partial charge in [-0.15, -0.1) is 26.3 Å². The van der Waals surface area contributed by atoms with Crippen LogP contribution in [0.5, 0.6) is 11.5 Å². The van der Waals surface area contributed by atoms with Crippen LogP contribution >= 0.6 is 0 Å². The summed E-state index contributed by atoms with van der Waals surface area (Å²) in [5.41, 5.74) is -2.44. The van der Waals surface area contributed by atoms with Gasteiger partial charge in [0.25, 0.3) is 0 Å². The van der Waals surface area contributed by atoms with Crippen LogP contribution in [0.25, 0.3) is 16.7 Å². The number of nitrogens with zero attached hydrogens (tertiary/aromatic N) is 13. The van der Waals surface area contributed by atoms with Gasteiger partial charge in [-0.1, -0.05) is 0 Å². The van der Waals surface area contributed by atoms with Gasteiger partial charge >= 0.3 is 12.7 Å². The number of benzene rings is 3. The topological polar surface area (TPSA) is 226 Å². The summed E-state index contributed by atoms with van der Waals surface area (Å²) in [5, 5.41) is 38.2. The molecule has 0 spiro atoms. The summed E-state index contributed by atoms with van der Waals surface area (Å²) in [7, 11) is 0. The molecule has 0 radical (unpaired) electrons. The smallest absolute Gasteiger partial charge is 0.403 e. The van der Waals surface area contributed by atoms with E-state index in [9.17, 15) is 60.6 Å². The molecule has 0 saturated carbocycles. The Bertz CT molecular complexity index is 3050. The lowest BCUT2D eigenvalue weighted by Gasteiger charge is -2.08. The number of nitriles is 4. The van der Waals surface area contributed by atoms with Crippen LogP contribution in [0.4, 0.5) is 39.5 Å². The highest BCUT2D eigenvalue weighted by atomic mass is 19.4. The second-order valence-corrected chi connectivity index (χ2v) is 11.0. The highest BCUT2D eigenvalue weighted by Gasteiger charge is 2.34. The predicted molar refractivity (Wildman–Crippen MR) is 162 cm³/mol. The van der Waals surface area contributed by atoms with Crippen molar-refractivity contribution in [3.8, 4) is 35.8 Å². The average Bonchev–Trinajstić information content (AvgIpc) is 3.84. The molecule has 15 nitrogen and oxygen atoms in total. The molecule has 0 atom stereocenters. The van der Waals surface area contributed by atoms with Crippen LogP contribution in [0.2, 0.25) is 0 Å². The van der Waals surface area contributed by atoms with Crippen LogP contribution in [0.15, 0.2) is 83.8 Å². The monoisotopic (exact) mass is 787 g/mol. The summed E-state index contributed by atoms with van der Waals surface area (Å²) in [6, 6.07) is 10.7. The molecule has 7 rings (SSSR count). The molecule has 24 heteroatoms. The van der Waals surface area contributed by atoms with E-state index in [1.165, 1.54) is 0 Å². The number of fused-ring (bicyclic) bond motifs is 3. The molecule has 3 aromatic carbocycles. The van der Waals surface area contributed by atoms with Crippen LogP contribution in [0, 0.1) is 62.8 Å². The van der Waals surface area contributed by atoms with E-state index in [1.54, 1.807) is 24.3 Å². The van der Waals surface area contributed by atoms with Crippen molar-refractivity contribution in [2.24, 2.45) is 30.0 Å². The number of hydrogen-bond donors (Lipinski definition) is 0. The van der Waals surface area contributed by atoms with Crippen molar-refractivity contribution in [3.63, 3.8) is 0 Å². The Morgan fingerprint density at radius 2 is 0.754 bits per heavy atom. The summed E-state index contributed by atoms with van der Waals surface area (Å²) in [6.07, 6.45) is -10.6. The first-order valence-electron chi connectivity index (χ1n) is 14.9. The minimum Gasteiger partial charge on any atom is -0.403 e. The molecule has 0 bridgehead atoms. The van der Waals surface area contributed by atoms with Gasteiger partial charge in [0.15, 0.2) is 58.1 Å². The molecule has 0 fully saturated rings. The predicted octanol–water partition coefficient (Wildman–Crippen LogP) is 2.39. The van der Waals surface area contributed by atoms with Crippen LogP contribution in [0.3, 0.4) is 0 Å². The lowest BCUT2D eigenvalue weighted by molar-refractivity contribution is -0.276. The Labute approximate surface area is 306 Å². The number of aromatic nitrogens is 3. The van der Waals surface area contributed by atoms with Crippen molar-refractivity contribution in [3.05, 3.63) is 126 Å². The fourth-order valence-corrected chi connectivity index (χ4v) is 5.05. The van der Waals surface area contributed by atoms with Gasteiger partial charge in [-0.05, 0) is 6.07 Å². The minimum atomic E-state index is -5.29. The van der Waals surface area contributed by atoms with Gasteiger partial charge in [-0.3, -0.25) is 0 Å². The highest BCUT2D eigenvalue weighted by molar-refractivity contribution is 5.82. The zero-order valence-corrected chi connectivity index (χ0v) is 27.0. The zero-order valence-electron chi connectivity index (χ0n) is 27.0. The quantitative estimate of drug-likeness (QED) is 0.213. The second-order valence-electron chi connectivity index (χ2n) is 11.0. The fraction of sp³-hybridized carbons (Fsp3) is 0.0606. The molecule has 4 aromatic rings. The fourth-order valence-electron chi connectivity index (χ4n) is 5.05. The maximum Gasteiger partial charge on any atom is 0.573 e. The van der Waals surface area contributed by atoms with Gasteiger partial charge < -0.3 is 9.47 Å². The molecule has 0 saturated heterocycles. The standard InChI is InChI=1S/C33H6F9N13O2/c34-15-2-19-18(1-11(15)7-43)47-26(48-19)12(8-44)29-53-30(13(9-45)27-49-20-3-16(35)24(5-22(20)51-27)56-32(37,38)39)55-31(54-29)14(10-46)28-50-21-4-17(36)25(6-23(21)52-28)57-33(40,41)42/h1-6H/b26-12+,27-13-,28-14-. The molecule has 3 aliphatic heterocycles. The molecular formula is C33H6F9N13O2. The molecule has 0 amide bonds. The Kier molecular flexibility index (Phi) is 8.74. The molecule has 0 N–H and O–H groups in total. The number of rotatable bonds is 5. The normalized spacial score (nSPS) is 16.2. The van der Waals surface area contributed by atoms with Crippen molar-refractivity contribution >= 4 is 16.7 Å². The number of alkyl halides is 6. The van der Waals surface area contributed by atoms with E-state index in [4.69, 9.17) is 0 Å². The zero-order chi connectivity index (χ0) is 41.0. The van der Waals surface area contributed by atoms with Gasteiger partial charge in [0.2, 0.25) is 0 Å². The van der Waals surface area contributed by atoms with E-state index in [1.807, 2.05) is 0 Å². The van der Waals surface area contributed by atoms with Crippen LogP contribution in [-0.2, 0) is 0 Å². The summed E-state index contributed by atoms with van der Waals surface area (Å²) >= 11 is 0. The molecule has 3 aliphatic rings. The van der Waals surface area contributed by atoms with E-state index in [0.717, 1.165) is 12.1 Å². The summed E-state index contributed by atoms with van der Waals surface area (Å²) in [4.78, 5) is 36.3.